The lowest BCUT2D eigenvalue weighted by Crippen LogP contribution is -2.37. The van der Waals surface area contributed by atoms with Crippen molar-refractivity contribution in [2.75, 3.05) is 13.1 Å². The first kappa shape index (κ1) is 16.7. The monoisotopic (exact) mass is 256 g/mol. The maximum atomic E-state index is 11.5. The highest BCUT2D eigenvalue weighted by Gasteiger charge is 2.04. The van der Waals surface area contributed by atoms with Crippen LogP contribution in [0.1, 0.15) is 47.0 Å². The van der Waals surface area contributed by atoms with Crippen LogP contribution in [0, 0.1) is 5.92 Å². The van der Waals surface area contributed by atoms with E-state index < -0.39 is 0 Å². The number of nitrogens with two attached hydrogens (primary N) is 1. The quantitative estimate of drug-likeness (QED) is 0.451. The Morgan fingerprint density at radius 2 is 2.00 bits per heavy atom. The van der Waals surface area contributed by atoms with Crippen LogP contribution in [0.5, 0.6) is 0 Å². The van der Waals surface area contributed by atoms with Gasteiger partial charge in [-0.2, -0.15) is 0 Å². The number of nitrogens with one attached hydrogen (secondary N) is 2. The van der Waals surface area contributed by atoms with Gasteiger partial charge in [0.05, 0.1) is 0 Å². The molecule has 4 N–H and O–H groups in total. The summed E-state index contributed by atoms with van der Waals surface area (Å²) in [5.74, 6) is 1.10. The first-order chi connectivity index (χ1) is 8.45. The second-order valence-electron chi connectivity index (χ2n) is 5.00. The summed E-state index contributed by atoms with van der Waals surface area (Å²) in [6.45, 7) is 9.60. The number of carbonyl (C=O) groups excluding carboxylic acids is 1. The molecule has 0 fully saturated rings. The average molecular weight is 256 g/mol. The van der Waals surface area contributed by atoms with Gasteiger partial charge in [-0.15, -0.1) is 0 Å². The van der Waals surface area contributed by atoms with Gasteiger partial charge < -0.3 is 16.4 Å². The van der Waals surface area contributed by atoms with Gasteiger partial charge in [-0.3, -0.25) is 9.79 Å². The van der Waals surface area contributed by atoms with E-state index in [0.29, 0.717) is 24.8 Å². The van der Waals surface area contributed by atoms with Crippen molar-refractivity contribution in [2.24, 2.45) is 16.6 Å². The molecule has 0 radical (unpaired) electrons. The van der Waals surface area contributed by atoms with Crippen LogP contribution in [0.2, 0.25) is 0 Å². The van der Waals surface area contributed by atoms with Crippen molar-refractivity contribution in [3.8, 4) is 0 Å². The molecule has 1 unspecified atom stereocenters. The van der Waals surface area contributed by atoms with Crippen molar-refractivity contribution in [3.63, 3.8) is 0 Å². The molecule has 1 amide bonds. The van der Waals surface area contributed by atoms with Crippen LogP contribution in [0.25, 0.3) is 0 Å². The molecule has 0 aliphatic rings. The summed E-state index contributed by atoms with van der Waals surface area (Å²) in [4.78, 5) is 15.7. The zero-order chi connectivity index (χ0) is 14.0. The molecule has 0 aliphatic carbocycles. The summed E-state index contributed by atoms with van der Waals surface area (Å²) < 4.78 is 0. The van der Waals surface area contributed by atoms with E-state index in [4.69, 9.17) is 5.73 Å². The third kappa shape index (κ3) is 9.93. The zero-order valence-electron chi connectivity index (χ0n) is 12.1. The maximum Gasteiger partial charge on any atom is 0.221 e. The topological polar surface area (TPSA) is 79.5 Å². The third-order valence-electron chi connectivity index (χ3n) is 2.67. The van der Waals surface area contributed by atoms with E-state index in [1.165, 1.54) is 0 Å². The summed E-state index contributed by atoms with van der Waals surface area (Å²) in [5, 5.41) is 5.85. The summed E-state index contributed by atoms with van der Waals surface area (Å²) >= 11 is 0. The Bertz CT molecular complexity index is 264. The second-order valence-corrected chi connectivity index (χ2v) is 5.00. The van der Waals surface area contributed by atoms with Gasteiger partial charge in [0.25, 0.3) is 0 Å². The van der Waals surface area contributed by atoms with Crippen molar-refractivity contribution >= 4 is 11.9 Å². The minimum Gasteiger partial charge on any atom is -0.370 e. The first-order valence-electron chi connectivity index (χ1n) is 6.78. The predicted octanol–water partition coefficient (Wildman–Crippen LogP) is 1.24. The van der Waals surface area contributed by atoms with Crippen molar-refractivity contribution in [2.45, 2.75) is 53.0 Å². The summed E-state index contributed by atoms with van der Waals surface area (Å²) in [6.07, 6.45) is 2.39. The SMILES string of the molecule is CCC(C)NC(=O)CCNC(N)=NCCC(C)C. The largest absolute Gasteiger partial charge is 0.370 e. The minimum absolute atomic E-state index is 0.0480. The lowest BCUT2D eigenvalue weighted by Gasteiger charge is -2.11. The number of hydrogen-bond donors (Lipinski definition) is 3. The number of carbonyl (C=O) groups is 1. The minimum atomic E-state index is 0.0480. The van der Waals surface area contributed by atoms with Crippen LogP contribution >= 0.6 is 0 Å². The Morgan fingerprint density at radius 3 is 2.56 bits per heavy atom. The van der Waals surface area contributed by atoms with Crippen LogP contribution in [0.4, 0.5) is 0 Å². The molecule has 0 aliphatic heterocycles. The Kier molecular flexibility index (Phi) is 9.06. The van der Waals surface area contributed by atoms with Gasteiger partial charge >= 0.3 is 0 Å². The first-order valence-corrected chi connectivity index (χ1v) is 6.78. The number of guanidine groups is 1. The highest BCUT2D eigenvalue weighted by atomic mass is 16.1. The molecule has 5 heteroatoms. The van der Waals surface area contributed by atoms with Crippen molar-refractivity contribution < 1.29 is 4.79 Å². The van der Waals surface area contributed by atoms with Crippen LogP contribution in [-0.2, 0) is 4.79 Å². The molecule has 1 atom stereocenters. The van der Waals surface area contributed by atoms with E-state index in [9.17, 15) is 4.79 Å². The number of amides is 1. The Balaban J connectivity index is 3.67. The van der Waals surface area contributed by atoms with E-state index in [2.05, 4.69) is 29.5 Å². The third-order valence-corrected chi connectivity index (χ3v) is 2.67. The Labute approximate surface area is 111 Å². The van der Waals surface area contributed by atoms with E-state index in [-0.39, 0.29) is 11.9 Å². The van der Waals surface area contributed by atoms with E-state index in [1.54, 1.807) is 0 Å². The molecule has 0 aromatic carbocycles. The highest BCUT2D eigenvalue weighted by molar-refractivity contribution is 5.80. The average Bonchev–Trinajstić information content (AvgIpc) is 2.28. The van der Waals surface area contributed by atoms with Gasteiger partial charge in [0.2, 0.25) is 5.91 Å². The van der Waals surface area contributed by atoms with Gasteiger partial charge in [0, 0.05) is 25.6 Å². The molecule has 5 nitrogen and oxygen atoms in total. The molecule has 0 heterocycles. The van der Waals surface area contributed by atoms with E-state index >= 15 is 0 Å². The van der Waals surface area contributed by atoms with Gasteiger partial charge in [-0.1, -0.05) is 20.8 Å². The fraction of sp³-hybridized carbons (Fsp3) is 0.846. The molecule has 18 heavy (non-hydrogen) atoms. The molecule has 0 aromatic rings. The van der Waals surface area contributed by atoms with Crippen LogP contribution in [-0.4, -0.2) is 31.0 Å². The Hall–Kier alpha value is -1.26. The van der Waals surface area contributed by atoms with E-state index in [0.717, 1.165) is 19.4 Å². The predicted molar refractivity (Wildman–Crippen MR) is 76.5 cm³/mol. The number of rotatable bonds is 8. The molecule has 0 saturated heterocycles. The van der Waals surface area contributed by atoms with E-state index in [1.807, 2.05) is 13.8 Å². The van der Waals surface area contributed by atoms with Crippen molar-refractivity contribution in [3.05, 3.63) is 0 Å². The molecular weight excluding hydrogens is 228 g/mol. The lowest BCUT2D eigenvalue weighted by molar-refractivity contribution is -0.121. The van der Waals surface area contributed by atoms with Gasteiger partial charge in [-0.25, -0.2) is 0 Å². The van der Waals surface area contributed by atoms with Crippen LogP contribution in [0.15, 0.2) is 4.99 Å². The maximum absolute atomic E-state index is 11.5. The molecule has 0 saturated carbocycles. The normalized spacial score (nSPS) is 13.5. The molecule has 0 bridgehead atoms. The molecule has 106 valence electrons. The fourth-order valence-corrected chi connectivity index (χ4v) is 1.25. The number of hydrogen-bond acceptors (Lipinski definition) is 2. The highest BCUT2D eigenvalue weighted by Crippen LogP contribution is 1.97. The zero-order valence-corrected chi connectivity index (χ0v) is 12.1. The molecular formula is C13H28N4O. The lowest BCUT2D eigenvalue weighted by atomic mass is 10.1. The summed E-state index contributed by atoms with van der Waals surface area (Å²) in [7, 11) is 0. The molecule has 0 aromatic heterocycles. The van der Waals surface area contributed by atoms with Gasteiger partial charge in [0.15, 0.2) is 5.96 Å². The summed E-state index contributed by atoms with van der Waals surface area (Å²) in [5.41, 5.74) is 5.68. The van der Waals surface area contributed by atoms with Crippen LogP contribution < -0.4 is 16.4 Å². The fourth-order valence-electron chi connectivity index (χ4n) is 1.25. The van der Waals surface area contributed by atoms with Crippen molar-refractivity contribution in [1.29, 1.82) is 0 Å². The van der Waals surface area contributed by atoms with Crippen molar-refractivity contribution in [1.82, 2.24) is 10.6 Å². The number of nitrogens with zero attached hydrogens (tertiary/aromatic N) is 1. The molecule has 0 spiro atoms. The second kappa shape index (κ2) is 9.74. The van der Waals surface area contributed by atoms with Gasteiger partial charge in [-0.05, 0) is 25.7 Å². The van der Waals surface area contributed by atoms with Crippen LogP contribution in [0.3, 0.4) is 0 Å². The smallest absolute Gasteiger partial charge is 0.221 e. The summed E-state index contributed by atoms with van der Waals surface area (Å²) in [6, 6.07) is 0.231. The van der Waals surface area contributed by atoms with Gasteiger partial charge in [0.1, 0.15) is 0 Å². The standard InChI is InChI=1S/C13H28N4O/c1-5-11(4)17-12(18)7-9-16-13(14)15-8-6-10(2)3/h10-11H,5-9H2,1-4H3,(H,17,18)(H3,14,15,16). The molecule has 0 rings (SSSR count). The Morgan fingerprint density at radius 1 is 1.33 bits per heavy atom. The number of aliphatic imine (C=N–C) groups is 1.